The van der Waals surface area contributed by atoms with Crippen LogP contribution in [0.1, 0.15) is 18.4 Å². The molecule has 1 aromatic rings. The number of hydrogen-bond donors (Lipinski definition) is 1. The molecule has 2 aliphatic rings. The van der Waals surface area contributed by atoms with Crippen molar-refractivity contribution in [3.8, 4) is 0 Å². The number of anilines is 1. The predicted molar refractivity (Wildman–Crippen MR) is 92.9 cm³/mol. The molecule has 0 aliphatic carbocycles. The van der Waals surface area contributed by atoms with Crippen molar-refractivity contribution < 1.29 is 5.11 Å². The van der Waals surface area contributed by atoms with E-state index in [-0.39, 0.29) is 0 Å². The van der Waals surface area contributed by atoms with Crippen molar-refractivity contribution in [2.24, 2.45) is 5.73 Å². The fourth-order valence-electron chi connectivity index (χ4n) is 3.64. The van der Waals surface area contributed by atoms with Crippen molar-refractivity contribution in [2.45, 2.75) is 18.9 Å². The summed E-state index contributed by atoms with van der Waals surface area (Å²) in [5.41, 5.74) is 7.97. The van der Waals surface area contributed by atoms with Gasteiger partial charge in [0.15, 0.2) is 0 Å². The molecule has 5 heteroatoms. The minimum atomic E-state index is 0.295. The minimum Gasteiger partial charge on any atom is -0.876 e. The van der Waals surface area contributed by atoms with E-state index in [1.54, 1.807) is 0 Å². The van der Waals surface area contributed by atoms with Gasteiger partial charge in [-0.2, -0.15) is 0 Å². The molecule has 0 amide bonds. The first kappa shape index (κ1) is 16.1. The monoisotopic (exact) mass is 315 g/mol. The van der Waals surface area contributed by atoms with Crippen LogP contribution in [0.2, 0.25) is 0 Å². The molecule has 0 aromatic heterocycles. The Morgan fingerprint density at radius 2 is 1.65 bits per heavy atom. The molecular weight excluding hydrogens is 288 g/mol. The summed E-state index contributed by atoms with van der Waals surface area (Å²) in [4.78, 5) is 7.51. The second-order valence-electron chi connectivity index (χ2n) is 6.68. The van der Waals surface area contributed by atoms with Crippen LogP contribution in [0.25, 0.3) is 5.70 Å². The van der Waals surface area contributed by atoms with E-state index in [2.05, 4.69) is 33.9 Å². The molecule has 2 fully saturated rings. The van der Waals surface area contributed by atoms with Crippen molar-refractivity contribution in [1.82, 2.24) is 9.80 Å². The normalized spacial score (nSPS) is 22.5. The third-order valence-electron chi connectivity index (χ3n) is 5.21. The van der Waals surface area contributed by atoms with Gasteiger partial charge in [0.2, 0.25) is 0 Å². The predicted octanol–water partition coefficient (Wildman–Crippen LogP) is 0.520. The Kier molecular flexibility index (Phi) is 5.08. The number of likely N-dealkylation sites (tertiary alicyclic amines) is 1. The Bertz CT molecular complexity index is 526. The molecule has 2 heterocycles. The third-order valence-corrected chi connectivity index (χ3v) is 5.21. The van der Waals surface area contributed by atoms with Gasteiger partial charge >= 0.3 is 0 Å². The molecule has 23 heavy (non-hydrogen) atoms. The number of nitrogens with two attached hydrogens (primary N) is 1. The largest absolute Gasteiger partial charge is 0.876 e. The van der Waals surface area contributed by atoms with Crippen molar-refractivity contribution in [3.63, 3.8) is 0 Å². The minimum absolute atomic E-state index is 0.295. The number of benzene rings is 1. The average molecular weight is 315 g/mol. The zero-order valence-corrected chi connectivity index (χ0v) is 13.9. The Morgan fingerprint density at radius 1 is 1.04 bits per heavy atom. The van der Waals surface area contributed by atoms with Crippen LogP contribution >= 0.6 is 0 Å². The summed E-state index contributed by atoms with van der Waals surface area (Å²) in [5, 5.41) is 10.7. The van der Waals surface area contributed by atoms with Gasteiger partial charge in [0.1, 0.15) is 0 Å². The molecule has 0 atom stereocenters. The van der Waals surface area contributed by atoms with E-state index in [1.165, 1.54) is 31.6 Å². The first-order valence-corrected chi connectivity index (χ1v) is 8.53. The highest BCUT2D eigenvalue weighted by Gasteiger charge is 2.26. The van der Waals surface area contributed by atoms with Gasteiger partial charge in [-0.3, -0.25) is 4.90 Å². The highest BCUT2D eigenvalue weighted by Crippen LogP contribution is 2.22. The van der Waals surface area contributed by atoms with Gasteiger partial charge in [-0.25, -0.2) is 0 Å². The first-order chi connectivity index (χ1) is 11.2. The first-order valence-electron chi connectivity index (χ1n) is 8.53. The fourth-order valence-corrected chi connectivity index (χ4v) is 3.64. The molecule has 1 aromatic carbocycles. The number of piperazine rings is 1. The second kappa shape index (κ2) is 7.23. The van der Waals surface area contributed by atoms with Crippen molar-refractivity contribution in [1.29, 1.82) is 0 Å². The third kappa shape index (κ3) is 3.79. The van der Waals surface area contributed by atoms with Gasteiger partial charge in [0, 0.05) is 43.6 Å². The Morgan fingerprint density at radius 3 is 2.22 bits per heavy atom. The quantitative estimate of drug-likeness (QED) is 0.824. The maximum absolute atomic E-state index is 10.7. The molecule has 2 N–H and O–H groups in total. The number of rotatable bonds is 3. The lowest BCUT2D eigenvalue weighted by Gasteiger charge is -2.42. The maximum atomic E-state index is 10.7. The average Bonchev–Trinajstić information content (AvgIpc) is 2.62. The molecule has 0 unspecified atom stereocenters. The summed E-state index contributed by atoms with van der Waals surface area (Å²) in [6, 6.07) is 8.76. The van der Waals surface area contributed by atoms with E-state index in [0.717, 1.165) is 37.8 Å². The van der Waals surface area contributed by atoms with Crippen LogP contribution in [0.3, 0.4) is 0 Å². The van der Waals surface area contributed by atoms with Gasteiger partial charge in [-0.05, 0) is 50.7 Å². The highest BCUT2D eigenvalue weighted by atomic mass is 16.2. The highest BCUT2D eigenvalue weighted by molar-refractivity contribution is 5.64. The van der Waals surface area contributed by atoms with Gasteiger partial charge in [-0.15, -0.1) is 6.26 Å². The molecule has 2 aliphatic heterocycles. The summed E-state index contributed by atoms with van der Waals surface area (Å²) in [6.45, 7) is 6.86. The van der Waals surface area contributed by atoms with Crippen LogP contribution < -0.4 is 15.7 Å². The molecule has 0 spiro atoms. The van der Waals surface area contributed by atoms with Gasteiger partial charge in [0.25, 0.3) is 0 Å². The van der Waals surface area contributed by atoms with E-state index >= 15 is 0 Å². The zero-order valence-electron chi connectivity index (χ0n) is 13.9. The summed E-state index contributed by atoms with van der Waals surface area (Å²) in [5.74, 6) is 0. The van der Waals surface area contributed by atoms with Crippen LogP contribution in [-0.4, -0.2) is 62.2 Å². The van der Waals surface area contributed by atoms with Crippen molar-refractivity contribution in [2.75, 3.05) is 51.2 Å². The van der Waals surface area contributed by atoms with Crippen LogP contribution in [-0.2, 0) is 0 Å². The van der Waals surface area contributed by atoms with Crippen LogP contribution in [0.15, 0.2) is 30.5 Å². The smallest absolute Gasteiger partial charge is 0.0367 e. The molecule has 3 rings (SSSR count). The lowest BCUT2D eigenvalue weighted by Crippen LogP contribution is -2.53. The SMILES string of the molecule is CN1CCC(N2CCN(c3ccc(/C(N)=C\[O-])cc3)CC2)CC1. The lowest BCUT2D eigenvalue weighted by atomic mass is 10.0. The fraction of sp³-hybridized carbons (Fsp3) is 0.556. The van der Waals surface area contributed by atoms with E-state index in [0.29, 0.717) is 12.0 Å². The van der Waals surface area contributed by atoms with E-state index in [4.69, 9.17) is 5.73 Å². The molecule has 0 radical (unpaired) electrons. The zero-order chi connectivity index (χ0) is 16.2. The number of hydrogen-bond acceptors (Lipinski definition) is 5. The van der Waals surface area contributed by atoms with Gasteiger partial charge in [0.05, 0.1) is 0 Å². The van der Waals surface area contributed by atoms with E-state index < -0.39 is 0 Å². The summed E-state index contributed by atoms with van der Waals surface area (Å²) < 4.78 is 0. The standard InChI is InChI=1S/C18H28N4O/c1-20-8-6-17(7-9-20)22-12-10-21(11-13-22)16-4-2-15(3-5-16)18(19)14-23/h2-5,14,17,23H,6-13,19H2,1H3/p-1/b18-14+. The van der Waals surface area contributed by atoms with Crippen LogP contribution in [0.5, 0.6) is 0 Å². The van der Waals surface area contributed by atoms with E-state index in [1.807, 2.05) is 12.1 Å². The van der Waals surface area contributed by atoms with Crippen molar-refractivity contribution in [3.05, 3.63) is 36.1 Å². The lowest BCUT2D eigenvalue weighted by molar-refractivity contribution is -0.273. The van der Waals surface area contributed by atoms with Crippen LogP contribution in [0.4, 0.5) is 5.69 Å². The Balaban J connectivity index is 1.54. The Labute approximate surface area is 139 Å². The summed E-state index contributed by atoms with van der Waals surface area (Å²) in [6.07, 6.45) is 3.30. The maximum Gasteiger partial charge on any atom is 0.0367 e. The van der Waals surface area contributed by atoms with Gasteiger partial charge in [-0.1, -0.05) is 12.1 Å². The number of piperidine rings is 1. The summed E-state index contributed by atoms with van der Waals surface area (Å²) >= 11 is 0. The van der Waals surface area contributed by atoms with Gasteiger partial charge < -0.3 is 20.6 Å². The molecular formula is C18H27N4O-. The topological polar surface area (TPSA) is 58.8 Å². The second-order valence-corrected chi connectivity index (χ2v) is 6.68. The van der Waals surface area contributed by atoms with Crippen molar-refractivity contribution >= 4 is 11.4 Å². The van der Waals surface area contributed by atoms with E-state index in [9.17, 15) is 5.11 Å². The molecule has 0 bridgehead atoms. The summed E-state index contributed by atoms with van der Waals surface area (Å²) in [7, 11) is 2.21. The molecule has 2 saturated heterocycles. The number of nitrogens with zero attached hydrogens (tertiary/aromatic N) is 3. The Hall–Kier alpha value is -1.72. The molecule has 0 saturated carbocycles. The molecule has 5 nitrogen and oxygen atoms in total. The van der Waals surface area contributed by atoms with Crippen LogP contribution in [0, 0.1) is 0 Å². The molecule has 126 valence electrons.